The van der Waals surface area contributed by atoms with Crippen LogP contribution in [0.4, 0.5) is 5.69 Å². The van der Waals surface area contributed by atoms with E-state index in [1.165, 1.54) is 11.0 Å². The molecule has 1 saturated heterocycles. The molecule has 0 atom stereocenters. The zero-order valence-electron chi connectivity index (χ0n) is 19.8. The number of anilines is 1. The second-order valence-corrected chi connectivity index (χ2v) is 9.71. The monoisotopic (exact) mass is 574 g/mol. The van der Waals surface area contributed by atoms with E-state index < -0.39 is 11.8 Å². The van der Waals surface area contributed by atoms with Gasteiger partial charge in [-0.2, -0.15) is 0 Å². The summed E-state index contributed by atoms with van der Waals surface area (Å²) in [5.41, 5.74) is 2.53. The summed E-state index contributed by atoms with van der Waals surface area (Å²) in [5, 5.41) is 3.88. The molecule has 0 unspecified atom stereocenters. The number of halogens is 3. The minimum atomic E-state index is -0.624. The molecule has 2 amide bonds. The van der Waals surface area contributed by atoms with E-state index in [1.807, 2.05) is 26.0 Å². The first-order valence-electron chi connectivity index (χ1n) is 11.2. The number of nitrogens with zero attached hydrogens (tertiary/aromatic N) is 1. The molecule has 0 saturated carbocycles. The molecule has 190 valence electrons. The second kappa shape index (κ2) is 11.5. The first-order chi connectivity index (χ1) is 17.7. The van der Waals surface area contributed by atoms with Gasteiger partial charge in [0.1, 0.15) is 12.2 Å². The van der Waals surface area contributed by atoms with Gasteiger partial charge in [0.05, 0.1) is 17.3 Å². The van der Waals surface area contributed by atoms with Crippen LogP contribution in [0.1, 0.15) is 23.6 Å². The summed E-state index contributed by atoms with van der Waals surface area (Å²) < 4.78 is 11.7. The fourth-order valence-corrected chi connectivity index (χ4v) is 4.45. The number of hydrogen-bond acceptors (Lipinski definition) is 5. The van der Waals surface area contributed by atoms with Crippen molar-refractivity contribution in [3.63, 3.8) is 0 Å². The van der Waals surface area contributed by atoms with Gasteiger partial charge in [-0.3, -0.25) is 19.8 Å². The quantitative estimate of drug-likeness (QED) is 0.191. The highest BCUT2D eigenvalue weighted by molar-refractivity contribution is 7.80. The summed E-state index contributed by atoms with van der Waals surface area (Å²) >= 11 is 24.0. The number of carbonyl (C=O) groups is 2. The Kier molecular flexibility index (Phi) is 8.39. The number of carbonyl (C=O) groups excluding carboxylic acids is 2. The van der Waals surface area contributed by atoms with E-state index in [-0.39, 0.29) is 22.3 Å². The normalized spacial score (nSPS) is 14.7. The highest BCUT2D eigenvalue weighted by Crippen LogP contribution is 2.38. The molecule has 1 N–H and O–H groups in total. The molecule has 3 aromatic rings. The second-order valence-electron chi connectivity index (χ2n) is 8.07. The zero-order chi connectivity index (χ0) is 26.7. The van der Waals surface area contributed by atoms with E-state index in [4.69, 9.17) is 56.5 Å². The van der Waals surface area contributed by atoms with E-state index in [0.29, 0.717) is 39.4 Å². The average Bonchev–Trinajstić information content (AvgIpc) is 2.84. The first-order valence-corrected chi connectivity index (χ1v) is 12.7. The first kappa shape index (κ1) is 26.9. The van der Waals surface area contributed by atoms with E-state index in [2.05, 4.69) is 5.32 Å². The summed E-state index contributed by atoms with van der Waals surface area (Å²) in [4.78, 5) is 27.3. The molecule has 0 spiro atoms. The minimum absolute atomic E-state index is 0.0361. The largest absolute Gasteiger partial charge is 0.490 e. The number of nitrogens with one attached hydrogen (secondary N) is 1. The van der Waals surface area contributed by atoms with Gasteiger partial charge in [0.15, 0.2) is 16.6 Å². The van der Waals surface area contributed by atoms with E-state index in [1.54, 1.807) is 42.5 Å². The number of thiocarbonyl (C=S) groups is 1. The Balaban J connectivity index is 1.66. The molecule has 3 aromatic carbocycles. The molecule has 1 fully saturated rings. The molecule has 1 heterocycles. The lowest BCUT2D eigenvalue weighted by Crippen LogP contribution is -2.54. The number of aryl methyl sites for hydroxylation is 1. The summed E-state index contributed by atoms with van der Waals surface area (Å²) in [6.45, 7) is 4.26. The zero-order valence-corrected chi connectivity index (χ0v) is 22.9. The molecule has 37 heavy (non-hydrogen) atoms. The highest BCUT2D eigenvalue weighted by atomic mass is 35.5. The predicted octanol–water partition coefficient (Wildman–Crippen LogP) is 6.76. The van der Waals surface area contributed by atoms with Crippen LogP contribution in [-0.2, 0) is 16.2 Å². The lowest BCUT2D eigenvalue weighted by atomic mass is 10.1. The number of hydrogen-bond donors (Lipinski definition) is 1. The molecule has 0 bridgehead atoms. The Morgan fingerprint density at radius 1 is 0.973 bits per heavy atom. The Morgan fingerprint density at radius 2 is 1.70 bits per heavy atom. The van der Waals surface area contributed by atoms with Gasteiger partial charge in [-0.25, -0.2) is 0 Å². The van der Waals surface area contributed by atoms with Crippen molar-refractivity contribution in [2.24, 2.45) is 0 Å². The third-order valence-corrected chi connectivity index (χ3v) is 6.68. The topological polar surface area (TPSA) is 67.9 Å². The van der Waals surface area contributed by atoms with Gasteiger partial charge in [0.25, 0.3) is 11.8 Å². The van der Waals surface area contributed by atoms with Crippen LogP contribution in [0.15, 0.2) is 60.2 Å². The number of ether oxygens (including phenoxy) is 2. The Bertz CT molecular complexity index is 1420. The number of rotatable bonds is 7. The third-order valence-electron chi connectivity index (χ3n) is 5.45. The van der Waals surface area contributed by atoms with Gasteiger partial charge in [-0.15, -0.1) is 0 Å². The molecule has 1 aliphatic rings. The Hall–Kier alpha value is -3.10. The highest BCUT2D eigenvalue weighted by Gasteiger charge is 2.34. The molecule has 10 heteroatoms. The van der Waals surface area contributed by atoms with Gasteiger partial charge in [0, 0.05) is 10.0 Å². The van der Waals surface area contributed by atoms with E-state index in [0.717, 1.165) is 11.1 Å². The van der Waals surface area contributed by atoms with Crippen molar-refractivity contribution in [1.29, 1.82) is 0 Å². The predicted molar refractivity (Wildman–Crippen MR) is 151 cm³/mol. The average molecular weight is 576 g/mol. The lowest BCUT2D eigenvalue weighted by molar-refractivity contribution is -0.122. The summed E-state index contributed by atoms with van der Waals surface area (Å²) in [5.74, 6) is -0.498. The SMILES string of the molecule is CCOc1cc(/C=C2\C(=O)NC(=S)N(c3ccc(C)c(Cl)c3)C2=O)cc(Cl)c1OCc1ccc(Cl)cc1. The van der Waals surface area contributed by atoms with Crippen molar-refractivity contribution < 1.29 is 19.1 Å². The van der Waals surface area contributed by atoms with Crippen molar-refractivity contribution in [2.75, 3.05) is 11.5 Å². The van der Waals surface area contributed by atoms with E-state index >= 15 is 0 Å². The minimum Gasteiger partial charge on any atom is -0.490 e. The smallest absolute Gasteiger partial charge is 0.270 e. The van der Waals surface area contributed by atoms with Crippen molar-refractivity contribution in [2.45, 2.75) is 20.5 Å². The molecule has 0 aliphatic carbocycles. The number of benzene rings is 3. The van der Waals surface area contributed by atoms with Gasteiger partial charge in [-0.1, -0.05) is 53.0 Å². The van der Waals surface area contributed by atoms with Crippen LogP contribution in [0.25, 0.3) is 6.08 Å². The van der Waals surface area contributed by atoms with Crippen LogP contribution < -0.4 is 19.7 Å². The molecule has 0 aromatic heterocycles. The molecular formula is C27H21Cl3N2O4S. The standard InChI is InChI=1S/C27H21Cl3N2O4S/c1-3-35-23-12-17(11-22(30)24(23)36-14-16-5-7-18(28)8-6-16)10-20-25(33)31-27(37)32(26(20)34)19-9-4-15(2)21(29)13-19/h4-13H,3,14H2,1-2H3,(H,31,33,37)/b20-10+. The molecule has 4 rings (SSSR count). The van der Waals surface area contributed by atoms with Gasteiger partial charge < -0.3 is 9.47 Å². The van der Waals surface area contributed by atoms with Crippen molar-refractivity contribution in [3.05, 3.63) is 91.9 Å². The maximum atomic E-state index is 13.4. The van der Waals surface area contributed by atoms with Crippen LogP contribution in [0.3, 0.4) is 0 Å². The van der Waals surface area contributed by atoms with Crippen LogP contribution in [-0.4, -0.2) is 23.5 Å². The molecular weight excluding hydrogens is 555 g/mol. The van der Waals surface area contributed by atoms with Crippen LogP contribution >= 0.6 is 47.0 Å². The fraction of sp³-hybridized carbons (Fsp3) is 0.148. The fourth-order valence-electron chi connectivity index (χ4n) is 3.59. The third kappa shape index (κ3) is 6.08. The summed E-state index contributed by atoms with van der Waals surface area (Å²) in [6, 6.07) is 15.6. The Labute approximate surface area is 234 Å². The lowest BCUT2D eigenvalue weighted by Gasteiger charge is -2.29. The van der Waals surface area contributed by atoms with Gasteiger partial charge >= 0.3 is 0 Å². The molecule has 6 nitrogen and oxygen atoms in total. The Morgan fingerprint density at radius 3 is 2.38 bits per heavy atom. The van der Waals surface area contributed by atoms with Crippen molar-refractivity contribution in [1.82, 2.24) is 5.32 Å². The van der Waals surface area contributed by atoms with Gasteiger partial charge in [-0.05, 0) is 85.2 Å². The van der Waals surface area contributed by atoms with Gasteiger partial charge in [0.2, 0.25) is 0 Å². The molecule has 1 aliphatic heterocycles. The van der Waals surface area contributed by atoms with Crippen molar-refractivity contribution >= 4 is 75.7 Å². The maximum absolute atomic E-state index is 13.4. The summed E-state index contributed by atoms with van der Waals surface area (Å²) in [6.07, 6.45) is 1.43. The van der Waals surface area contributed by atoms with Crippen LogP contribution in [0.5, 0.6) is 11.5 Å². The van der Waals surface area contributed by atoms with Crippen LogP contribution in [0.2, 0.25) is 15.1 Å². The summed E-state index contributed by atoms with van der Waals surface area (Å²) in [7, 11) is 0. The maximum Gasteiger partial charge on any atom is 0.270 e. The van der Waals surface area contributed by atoms with Crippen molar-refractivity contribution in [3.8, 4) is 11.5 Å². The van der Waals surface area contributed by atoms with Crippen LogP contribution in [0, 0.1) is 6.92 Å². The molecule has 0 radical (unpaired) electrons. The number of amides is 2. The van der Waals surface area contributed by atoms with E-state index in [9.17, 15) is 9.59 Å².